The molecule has 0 saturated heterocycles. The van der Waals surface area contributed by atoms with Gasteiger partial charge in [0.25, 0.3) is 5.91 Å². The van der Waals surface area contributed by atoms with Gasteiger partial charge in [-0.05, 0) is 12.5 Å². The Bertz CT molecular complexity index is 661. The van der Waals surface area contributed by atoms with E-state index in [1.54, 1.807) is 0 Å². The molecule has 1 aliphatic heterocycles. The monoisotopic (exact) mass is 255 g/mol. The van der Waals surface area contributed by atoms with Crippen LogP contribution in [0.25, 0.3) is 0 Å². The lowest BCUT2D eigenvalue weighted by atomic mass is 9.99. The Morgan fingerprint density at radius 1 is 1.32 bits per heavy atom. The second-order valence-corrected chi connectivity index (χ2v) is 4.51. The lowest BCUT2D eigenvalue weighted by molar-refractivity contribution is -0.112. The molecule has 0 fully saturated rings. The lowest BCUT2D eigenvalue weighted by Crippen LogP contribution is -2.39. The minimum Gasteiger partial charge on any atom is -0.364 e. The fraction of sp³-hybridized carbons (Fsp3) is 0.154. The van der Waals surface area contributed by atoms with Gasteiger partial charge >= 0.3 is 0 Å². The molecule has 1 atom stereocenters. The van der Waals surface area contributed by atoms with Crippen LogP contribution in [0, 0.1) is 0 Å². The summed E-state index contributed by atoms with van der Waals surface area (Å²) in [6.45, 7) is 1.88. The van der Waals surface area contributed by atoms with Crippen molar-refractivity contribution in [3.63, 3.8) is 0 Å². The lowest BCUT2D eigenvalue weighted by Gasteiger charge is -2.31. The molecule has 6 heteroatoms. The number of imidazole rings is 1. The number of aromatic amines is 1. The van der Waals surface area contributed by atoms with Gasteiger partial charge in [0.1, 0.15) is 5.69 Å². The van der Waals surface area contributed by atoms with Crippen LogP contribution in [0.4, 0.5) is 5.82 Å². The molecule has 0 aliphatic carbocycles. The van der Waals surface area contributed by atoms with Gasteiger partial charge in [0, 0.05) is 0 Å². The van der Waals surface area contributed by atoms with Gasteiger partial charge in [0.15, 0.2) is 17.2 Å². The number of nitrogens with zero attached hydrogens (tertiary/aromatic N) is 2. The molecule has 2 aromatic rings. The highest BCUT2D eigenvalue weighted by Gasteiger charge is 2.35. The first-order chi connectivity index (χ1) is 9.10. The zero-order chi connectivity index (χ0) is 13.5. The summed E-state index contributed by atoms with van der Waals surface area (Å²) >= 11 is 0. The second-order valence-electron chi connectivity index (χ2n) is 4.51. The van der Waals surface area contributed by atoms with Crippen molar-refractivity contribution >= 4 is 17.4 Å². The summed E-state index contributed by atoms with van der Waals surface area (Å²) in [5.74, 6) is 0.00399. The molecule has 4 N–H and O–H groups in total. The first kappa shape index (κ1) is 11.5. The van der Waals surface area contributed by atoms with Crippen molar-refractivity contribution < 1.29 is 4.79 Å². The first-order valence-electron chi connectivity index (χ1n) is 5.87. The molecular weight excluding hydrogens is 242 g/mol. The number of fused-ring (bicyclic) bond motifs is 1. The summed E-state index contributed by atoms with van der Waals surface area (Å²) in [5.41, 5.74) is 6.31. The largest absolute Gasteiger partial charge is 0.364 e. The fourth-order valence-corrected chi connectivity index (χ4v) is 2.19. The Morgan fingerprint density at radius 3 is 2.74 bits per heavy atom. The molecule has 19 heavy (non-hydrogen) atoms. The number of hydrogen-bond acceptors (Lipinski definition) is 4. The van der Waals surface area contributed by atoms with Gasteiger partial charge in [-0.1, -0.05) is 30.3 Å². The minimum absolute atomic E-state index is 0.206. The molecule has 96 valence electrons. The van der Waals surface area contributed by atoms with Gasteiger partial charge < -0.3 is 16.0 Å². The Balaban J connectivity index is 2.16. The van der Waals surface area contributed by atoms with Crippen LogP contribution in [0.5, 0.6) is 0 Å². The molecule has 0 saturated carbocycles. The van der Waals surface area contributed by atoms with E-state index in [1.807, 2.05) is 37.3 Å². The van der Waals surface area contributed by atoms with Crippen molar-refractivity contribution in [2.45, 2.75) is 12.6 Å². The maximum atomic E-state index is 11.6. The number of hydrogen-bond donors (Lipinski definition) is 3. The van der Waals surface area contributed by atoms with E-state index >= 15 is 0 Å². The van der Waals surface area contributed by atoms with Crippen LogP contribution < -0.4 is 11.1 Å². The second kappa shape index (κ2) is 3.94. The molecule has 0 bridgehead atoms. The zero-order valence-corrected chi connectivity index (χ0v) is 10.3. The standard InChI is InChI=1S/C13H13N5O/c1-13(8-5-3-2-4-6-8)17-9(11(14)19)10-12(18-13)16-7-15-10/h2-7,18H,1H3,(H2,14,19)(H,15,16)/t13-/m1/s1. The Kier molecular flexibility index (Phi) is 2.38. The van der Waals surface area contributed by atoms with E-state index < -0.39 is 11.6 Å². The highest BCUT2D eigenvalue weighted by atomic mass is 16.1. The number of amides is 1. The van der Waals surface area contributed by atoms with Crippen LogP contribution in [0.2, 0.25) is 0 Å². The van der Waals surface area contributed by atoms with E-state index in [2.05, 4.69) is 20.3 Å². The van der Waals surface area contributed by atoms with Crippen molar-refractivity contribution in [2.75, 3.05) is 5.32 Å². The van der Waals surface area contributed by atoms with Crippen LogP contribution in [0.3, 0.4) is 0 Å². The molecule has 2 heterocycles. The minimum atomic E-state index is -0.756. The summed E-state index contributed by atoms with van der Waals surface area (Å²) in [4.78, 5) is 23.0. The maximum Gasteiger partial charge on any atom is 0.269 e. The number of carbonyl (C=O) groups is 1. The average Bonchev–Trinajstić information content (AvgIpc) is 2.86. The third-order valence-electron chi connectivity index (χ3n) is 3.14. The van der Waals surface area contributed by atoms with Crippen molar-refractivity contribution in [2.24, 2.45) is 10.7 Å². The third kappa shape index (κ3) is 1.77. The molecule has 0 radical (unpaired) electrons. The van der Waals surface area contributed by atoms with E-state index in [9.17, 15) is 4.79 Å². The van der Waals surface area contributed by atoms with Crippen molar-refractivity contribution in [1.82, 2.24) is 9.97 Å². The number of H-pyrrole nitrogens is 1. The number of aromatic nitrogens is 2. The Morgan fingerprint density at radius 2 is 2.05 bits per heavy atom. The highest BCUT2D eigenvalue weighted by Crippen LogP contribution is 2.32. The van der Waals surface area contributed by atoms with Crippen molar-refractivity contribution in [3.05, 3.63) is 47.9 Å². The van der Waals surface area contributed by atoms with Crippen LogP contribution in [0.15, 0.2) is 41.7 Å². The molecule has 1 aromatic heterocycles. The number of carbonyl (C=O) groups excluding carboxylic acids is 1. The summed E-state index contributed by atoms with van der Waals surface area (Å²) in [5, 5.41) is 3.22. The Hall–Kier alpha value is -2.63. The zero-order valence-electron chi connectivity index (χ0n) is 10.3. The highest BCUT2D eigenvalue weighted by molar-refractivity contribution is 6.45. The van der Waals surface area contributed by atoms with Gasteiger partial charge in [0.05, 0.1) is 6.33 Å². The molecule has 0 spiro atoms. The predicted octanol–water partition coefficient (Wildman–Crippen LogP) is 0.983. The molecule has 1 amide bonds. The number of anilines is 1. The van der Waals surface area contributed by atoms with Gasteiger partial charge in [-0.25, -0.2) is 9.98 Å². The van der Waals surface area contributed by atoms with E-state index in [0.717, 1.165) is 5.56 Å². The number of nitrogens with one attached hydrogen (secondary N) is 2. The van der Waals surface area contributed by atoms with Gasteiger partial charge in [-0.3, -0.25) is 4.79 Å². The molecule has 1 aromatic carbocycles. The number of nitrogens with two attached hydrogens (primary N) is 1. The van der Waals surface area contributed by atoms with E-state index in [4.69, 9.17) is 5.73 Å². The topological polar surface area (TPSA) is 96.2 Å². The molecule has 6 nitrogen and oxygen atoms in total. The van der Waals surface area contributed by atoms with Crippen LogP contribution >= 0.6 is 0 Å². The SMILES string of the molecule is C[C@@]1(c2ccccc2)N=C(C(N)=O)c2[nH]cnc2N1. The number of benzene rings is 1. The first-order valence-corrected chi connectivity index (χ1v) is 5.87. The van der Waals surface area contributed by atoms with E-state index in [0.29, 0.717) is 11.5 Å². The van der Waals surface area contributed by atoms with Crippen molar-refractivity contribution in [1.29, 1.82) is 0 Å². The van der Waals surface area contributed by atoms with Crippen LogP contribution in [-0.4, -0.2) is 21.6 Å². The summed E-state index contributed by atoms with van der Waals surface area (Å²) in [7, 11) is 0. The van der Waals surface area contributed by atoms with E-state index in [1.165, 1.54) is 6.33 Å². The van der Waals surface area contributed by atoms with Gasteiger partial charge in [-0.15, -0.1) is 0 Å². The van der Waals surface area contributed by atoms with Crippen molar-refractivity contribution in [3.8, 4) is 0 Å². The average molecular weight is 255 g/mol. The number of rotatable bonds is 2. The number of primary amides is 1. The quantitative estimate of drug-likeness (QED) is 0.746. The molecule has 0 unspecified atom stereocenters. The number of aliphatic imine (C=N–C) groups is 1. The summed E-state index contributed by atoms with van der Waals surface area (Å²) in [6.07, 6.45) is 1.51. The van der Waals surface area contributed by atoms with Gasteiger partial charge in [-0.2, -0.15) is 0 Å². The van der Waals surface area contributed by atoms with Crippen LogP contribution in [-0.2, 0) is 10.5 Å². The Labute approximate surface area is 109 Å². The van der Waals surface area contributed by atoms with E-state index in [-0.39, 0.29) is 5.71 Å². The maximum absolute atomic E-state index is 11.6. The normalized spacial score (nSPS) is 21.2. The molecular formula is C13H13N5O. The summed E-state index contributed by atoms with van der Waals surface area (Å²) < 4.78 is 0. The van der Waals surface area contributed by atoms with Gasteiger partial charge in [0.2, 0.25) is 0 Å². The predicted molar refractivity (Wildman–Crippen MR) is 71.7 cm³/mol. The fourth-order valence-electron chi connectivity index (χ4n) is 2.19. The molecule has 1 aliphatic rings. The third-order valence-corrected chi connectivity index (χ3v) is 3.14. The summed E-state index contributed by atoms with van der Waals surface area (Å²) in [6, 6.07) is 9.64. The van der Waals surface area contributed by atoms with Crippen LogP contribution in [0.1, 0.15) is 18.2 Å². The molecule has 3 rings (SSSR count). The smallest absolute Gasteiger partial charge is 0.269 e.